The highest BCUT2D eigenvalue weighted by molar-refractivity contribution is 7.14. The second-order valence-electron chi connectivity index (χ2n) is 4.75. The number of para-hydroxylation sites is 1. The molecule has 3 aromatic rings. The third-order valence-corrected chi connectivity index (χ3v) is 4.63. The molecule has 2 aromatic heterocycles. The molecule has 24 heavy (non-hydrogen) atoms. The Bertz CT molecular complexity index is 816. The van der Waals surface area contributed by atoms with Crippen LogP contribution in [0.25, 0.3) is 0 Å². The highest BCUT2D eigenvalue weighted by Crippen LogP contribution is 2.16. The van der Waals surface area contributed by atoms with Gasteiger partial charge < -0.3 is 10.6 Å². The molecular weight excluding hydrogens is 344 g/mol. The van der Waals surface area contributed by atoms with Crippen LogP contribution in [0.1, 0.15) is 15.4 Å². The molecule has 0 radical (unpaired) electrons. The molecule has 6 nitrogen and oxygen atoms in total. The van der Waals surface area contributed by atoms with E-state index >= 15 is 0 Å². The Morgan fingerprint density at radius 2 is 1.83 bits per heavy atom. The van der Waals surface area contributed by atoms with E-state index < -0.39 is 6.03 Å². The normalized spacial score (nSPS) is 10.2. The van der Waals surface area contributed by atoms with E-state index in [-0.39, 0.29) is 11.6 Å². The molecule has 2 heterocycles. The maximum atomic E-state index is 12.0. The van der Waals surface area contributed by atoms with Crippen LogP contribution in [0.15, 0.2) is 53.2 Å². The molecule has 1 aromatic carbocycles. The Labute approximate surface area is 146 Å². The Kier molecular flexibility index (Phi) is 5.19. The first-order chi connectivity index (χ1) is 11.7. The number of amides is 3. The van der Waals surface area contributed by atoms with Crippen LogP contribution < -0.4 is 16.0 Å². The fraction of sp³-hybridized carbons (Fsp3) is 0.0625. The van der Waals surface area contributed by atoms with E-state index in [1.807, 2.05) is 35.7 Å². The molecular formula is C16H14N4O2S2. The van der Waals surface area contributed by atoms with Gasteiger partial charge in [-0.1, -0.05) is 24.3 Å². The number of carbonyl (C=O) groups is 2. The molecule has 122 valence electrons. The smallest absolute Gasteiger partial charge is 0.325 e. The van der Waals surface area contributed by atoms with Gasteiger partial charge in [-0.05, 0) is 23.6 Å². The summed E-state index contributed by atoms with van der Waals surface area (Å²) in [6.45, 7) is 0.464. The average molecular weight is 358 g/mol. The highest BCUT2D eigenvalue weighted by Gasteiger charge is 2.12. The van der Waals surface area contributed by atoms with Crippen LogP contribution in [0.5, 0.6) is 0 Å². The van der Waals surface area contributed by atoms with E-state index in [9.17, 15) is 9.59 Å². The third-order valence-electron chi connectivity index (χ3n) is 2.99. The second-order valence-corrected chi connectivity index (χ2v) is 6.64. The number of hydrogen-bond acceptors (Lipinski definition) is 5. The first-order valence-electron chi connectivity index (χ1n) is 7.10. The van der Waals surface area contributed by atoms with Crippen LogP contribution >= 0.6 is 22.7 Å². The zero-order valence-electron chi connectivity index (χ0n) is 12.5. The zero-order valence-corrected chi connectivity index (χ0v) is 14.1. The average Bonchev–Trinajstić information content (AvgIpc) is 3.25. The van der Waals surface area contributed by atoms with Crippen molar-refractivity contribution in [2.24, 2.45) is 0 Å². The minimum atomic E-state index is -0.402. The molecule has 0 bridgehead atoms. The number of anilines is 2. The number of thiazole rings is 1. The lowest BCUT2D eigenvalue weighted by Crippen LogP contribution is -2.23. The fourth-order valence-electron chi connectivity index (χ4n) is 1.89. The fourth-order valence-corrected chi connectivity index (χ4v) is 3.22. The Morgan fingerprint density at radius 1 is 1.00 bits per heavy atom. The molecule has 0 aliphatic carbocycles. The van der Waals surface area contributed by atoms with Crippen LogP contribution in [0.4, 0.5) is 15.6 Å². The van der Waals surface area contributed by atoms with Gasteiger partial charge in [0.2, 0.25) is 0 Å². The quantitative estimate of drug-likeness (QED) is 0.649. The first-order valence-corrected chi connectivity index (χ1v) is 8.86. The monoisotopic (exact) mass is 358 g/mol. The summed E-state index contributed by atoms with van der Waals surface area (Å²) in [6, 6.07) is 12.6. The van der Waals surface area contributed by atoms with E-state index in [4.69, 9.17) is 0 Å². The summed E-state index contributed by atoms with van der Waals surface area (Å²) in [4.78, 5) is 29.1. The van der Waals surface area contributed by atoms with Gasteiger partial charge in [-0.25, -0.2) is 9.78 Å². The van der Waals surface area contributed by atoms with Gasteiger partial charge in [-0.3, -0.25) is 10.1 Å². The van der Waals surface area contributed by atoms with Crippen molar-refractivity contribution in [2.45, 2.75) is 6.54 Å². The first kappa shape index (κ1) is 16.2. The molecule has 0 fully saturated rings. The lowest BCUT2D eigenvalue weighted by atomic mass is 10.3. The van der Waals surface area contributed by atoms with Gasteiger partial charge in [0.15, 0.2) is 5.13 Å². The molecule has 0 atom stereocenters. The van der Waals surface area contributed by atoms with E-state index in [1.54, 1.807) is 28.8 Å². The summed E-state index contributed by atoms with van der Waals surface area (Å²) >= 11 is 2.78. The number of rotatable bonds is 5. The predicted octanol–water partition coefficient (Wildman–Crippen LogP) is 3.78. The Hall–Kier alpha value is -2.71. The third kappa shape index (κ3) is 4.40. The molecule has 3 rings (SSSR count). The van der Waals surface area contributed by atoms with Crippen molar-refractivity contribution in [3.05, 3.63) is 63.8 Å². The lowest BCUT2D eigenvalue weighted by molar-refractivity contribution is 0.0947. The molecule has 0 saturated heterocycles. The Balaban J connectivity index is 1.53. The molecule has 3 N–H and O–H groups in total. The number of hydrogen-bond donors (Lipinski definition) is 3. The SMILES string of the molecule is O=C(Nc1ccccc1)Nc1nc(C(=O)NCc2cccs2)cs1. The van der Waals surface area contributed by atoms with Crippen LogP contribution in [0.3, 0.4) is 0 Å². The minimum absolute atomic E-state index is 0.267. The zero-order chi connectivity index (χ0) is 16.8. The van der Waals surface area contributed by atoms with Gasteiger partial charge in [0.25, 0.3) is 5.91 Å². The van der Waals surface area contributed by atoms with Crippen molar-refractivity contribution in [3.8, 4) is 0 Å². The number of carbonyl (C=O) groups excluding carboxylic acids is 2. The van der Waals surface area contributed by atoms with Crippen LogP contribution in [-0.4, -0.2) is 16.9 Å². The van der Waals surface area contributed by atoms with Gasteiger partial charge in [0.05, 0.1) is 6.54 Å². The molecule has 0 aliphatic heterocycles. The Morgan fingerprint density at radius 3 is 2.58 bits per heavy atom. The standard InChI is InChI=1S/C16H14N4O2S2/c21-14(17-9-12-7-4-8-23-12)13-10-24-16(19-13)20-15(22)18-11-5-2-1-3-6-11/h1-8,10H,9H2,(H,17,21)(H2,18,19,20,22). The minimum Gasteiger partial charge on any atom is -0.346 e. The predicted molar refractivity (Wildman–Crippen MR) is 96.7 cm³/mol. The summed E-state index contributed by atoms with van der Waals surface area (Å²) in [6.07, 6.45) is 0. The topological polar surface area (TPSA) is 83.1 Å². The van der Waals surface area contributed by atoms with Crippen LogP contribution in [0.2, 0.25) is 0 Å². The van der Waals surface area contributed by atoms with E-state index in [2.05, 4.69) is 20.9 Å². The summed E-state index contributed by atoms with van der Waals surface area (Å²) in [5, 5.41) is 12.0. The number of urea groups is 1. The summed E-state index contributed by atoms with van der Waals surface area (Å²) in [5.41, 5.74) is 0.965. The van der Waals surface area contributed by atoms with Gasteiger partial charge >= 0.3 is 6.03 Å². The molecule has 8 heteroatoms. The maximum absolute atomic E-state index is 12.0. The summed E-state index contributed by atoms with van der Waals surface area (Å²) < 4.78 is 0. The molecule has 0 spiro atoms. The number of benzene rings is 1. The van der Waals surface area contributed by atoms with Crippen LogP contribution in [-0.2, 0) is 6.54 Å². The van der Waals surface area contributed by atoms with Crippen molar-refractivity contribution >= 4 is 45.4 Å². The number of nitrogens with zero attached hydrogens (tertiary/aromatic N) is 1. The van der Waals surface area contributed by atoms with E-state index in [0.717, 1.165) is 4.88 Å². The lowest BCUT2D eigenvalue weighted by Gasteiger charge is -2.04. The number of aromatic nitrogens is 1. The van der Waals surface area contributed by atoms with Crippen molar-refractivity contribution in [1.82, 2.24) is 10.3 Å². The van der Waals surface area contributed by atoms with Gasteiger partial charge in [0, 0.05) is 15.9 Å². The van der Waals surface area contributed by atoms with Gasteiger partial charge in [-0.15, -0.1) is 22.7 Å². The summed E-state index contributed by atoms with van der Waals surface area (Å²) in [7, 11) is 0. The van der Waals surface area contributed by atoms with Crippen molar-refractivity contribution in [3.63, 3.8) is 0 Å². The van der Waals surface area contributed by atoms with E-state index in [1.165, 1.54) is 11.3 Å². The van der Waals surface area contributed by atoms with Crippen molar-refractivity contribution in [1.29, 1.82) is 0 Å². The summed E-state index contributed by atoms with van der Waals surface area (Å²) in [5.74, 6) is -0.267. The maximum Gasteiger partial charge on any atom is 0.325 e. The van der Waals surface area contributed by atoms with Crippen molar-refractivity contribution in [2.75, 3.05) is 10.6 Å². The van der Waals surface area contributed by atoms with E-state index in [0.29, 0.717) is 17.4 Å². The number of nitrogens with one attached hydrogen (secondary N) is 3. The van der Waals surface area contributed by atoms with Crippen LogP contribution in [0, 0.1) is 0 Å². The number of thiophene rings is 1. The molecule has 0 aliphatic rings. The molecule has 0 unspecified atom stereocenters. The van der Waals surface area contributed by atoms with Crippen molar-refractivity contribution < 1.29 is 9.59 Å². The molecule has 0 saturated carbocycles. The van der Waals surface area contributed by atoms with Gasteiger partial charge in [0.1, 0.15) is 5.69 Å². The second kappa shape index (κ2) is 7.71. The van der Waals surface area contributed by atoms with Gasteiger partial charge in [-0.2, -0.15) is 0 Å². The highest BCUT2D eigenvalue weighted by atomic mass is 32.1. The molecule has 3 amide bonds. The largest absolute Gasteiger partial charge is 0.346 e.